The number of hydrogen-bond donors (Lipinski definition) is 1. The molecule has 0 aromatic rings. The Morgan fingerprint density at radius 1 is 1.62 bits per heavy atom. The van der Waals surface area contributed by atoms with Crippen LogP contribution in [0.1, 0.15) is 26.7 Å². The predicted octanol–water partition coefficient (Wildman–Crippen LogP) is 0.585. The topological polar surface area (TPSA) is 38.5 Å². The molecule has 0 aromatic carbocycles. The van der Waals surface area contributed by atoms with E-state index in [1.165, 1.54) is 6.42 Å². The van der Waals surface area contributed by atoms with Crippen molar-refractivity contribution < 1.29 is 4.74 Å². The summed E-state index contributed by atoms with van der Waals surface area (Å²) in [7, 11) is 0. The lowest BCUT2D eigenvalue weighted by atomic mass is 10.1. The Bertz CT molecular complexity index is 186. The van der Waals surface area contributed by atoms with Gasteiger partial charge in [0.2, 0.25) is 0 Å². The Labute approximate surface area is 80.2 Å². The van der Waals surface area contributed by atoms with Crippen molar-refractivity contribution in [2.24, 2.45) is 5.73 Å². The third kappa shape index (κ3) is 1.60. The first-order chi connectivity index (χ1) is 6.22. The molecule has 2 fully saturated rings. The van der Waals surface area contributed by atoms with Gasteiger partial charge in [-0.15, -0.1) is 0 Å². The van der Waals surface area contributed by atoms with E-state index in [9.17, 15) is 0 Å². The number of morpholine rings is 1. The molecule has 0 amide bonds. The molecule has 0 aromatic heterocycles. The second kappa shape index (κ2) is 3.56. The van der Waals surface area contributed by atoms with E-state index in [1.54, 1.807) is 0 Å². The number of likely N-dealkylation sites (tertiary alicyclic amines) is 1. The second-order valence-electron chi connectivity index (χ2n) is 4.35. The van der Waals surface area contributed by atoms with Gasteiger partial charge < -0.3 is 10.5 Å². The molecule has 2 rings (SSSR count). The first-order valence-corrected chi connectivity index (χ1v) is 5.35. The molecular weight excluding hydrogens is 164 g/mol. The van der Waals surface area contributed by atoms with Crippen LogP contribution in [0.15, 0.2) is 0 Å². The molecule has 4 atom stereocenters. The van der Waals surface area contributed by atoms with Gasteiger partial charge in [0, 0.05) is 24.7 Å². The van der Waals surface area contributed by atoms with Crippen molar-refractivity contribution in [3.63, 3.8) is 0 Å². The molecule has 4 unspecified atom stereocenters. The molecule has 2 aliphatic rings. The van der Waals surface area contributed by atoms with Crippen molar-refractivity contribution in [1.82, 2.24) is 4.90 Å². The van der Waals surface area contributed by atoms with Crippen LogP contribution in [-0.4, -0.2) is 42.3 Å². The van der Waals surface area contributed by atoms with Gasteiger partial charge in [-0.3, -0.25) is 4.90 Å². The molecule has 76 valence electrons. The molecule has 2 N–H and O–H groups in total. The summed E-state index contributed by atoms with van der Waals surface area (Å²) < 4.78 is 5.56. The fourth-order valence-corrected chi connectivity index (χ4v) is 2.52. The molecule has 2 aliphatic heterocycles. The Hall–Kier alpha value is -0.120. The van der Waals surface area contributed by atoms with Crippen LogP contribution >= 0.6 is 0 Å². The van der Waals surface area contributed by atoms with Gasteiger partial charge in [-0.2, -0.15) is 0 Å². The fourth-order valence-electron chi connectivity index (χ4n) is 2.52. The largest absolute Gasteiger partial charge is 0.375 e. The number of fused-ring (bicyclic) bond motifs is 2. The van der Waals surface area contributed by atoms with E-state index < -0.39 is 0 Å². The highest BCUT2D eigenvalue weighted by atomic mass is 16.5. The van der Waals surface area contributed by atoms with Gasteiger partial charge in [0.15, 0.2) is 0 Å². The quantitative estimate of drug-likeness (QED) is 0.697. The molecular formula is C10H20N2O. The van der Waals surface area contributed by atoms with E-state index in [4.69, 9.17) is 10.5 Å². The van der Waals surface area contributed by atoms with Crippen molar-refractivity contribution in [3.8, 4) is 0 Å². The monoisotopic (exact) mass is 184 g/mol. The summed E-state index contributed by atoms with van der Waals surface area (Å²) in [5.74, 6) is 0. The minimum absolute atomic E-state index is 0.319. The summed E-state index contributed by atoms with van der Waals surface area (Å²) in [6.45, 7) is 6.42. The molecule has 3 nitrogen and oxygen atoms in total. The van der Waals surface area contributed by atoms with Crippen LogP contribution in [0.3, 0.4) is 0 Å². The van der Waals surface area contributed by atoms with Crippen LogP contribution < -0.4 is 5.73 Å². The SMILES string of the molecule is CCC(N)C(C)N1CC2CC1CO2. The van der Waals surface area contributed by atoms with Crippen molar-refractivity contribution in [2.75, 3.05) is 13.2 Å². The Kier molecular flexibility index (Phi) is 2.58. The van der Waals surface area contributed by atoms with Crippen LogP contribution in [0.2, 0.25) is 0 Å². The van der Waals surface area contributed by atoms with Crippen LogP contribution in [0.4, 0.5) is 0 Å². The van der Waals surface area contributed by atoms with Gasteiger partial charge in [-0.05, 0) is 19.8 Å². The molecule has 13 heavy (non-hydrogen) atoms. The zero-order valence-electron chi connectivity index (χ0n) is 8.57. The average molecular weight is 184 g/mol. The van der Waals surface area contributed by atoms with Gasteiger partial charge in [0.05, 0.1) is 12.7 Å². The highest BCUT2D eigenvalue weighted by Crippen LogP contribution is 2.30. The molecule has 0 spiro atoms. The lowest BCUT2D eigenvalue weighted by molar-refractivity contribution is 0.00978. The third-order valence-electron chi connectivity index (χ3n) is 3.56. The van der Waals surface area contributed by atoms with Gasteiger partial charge in [0.1, 0.15) is 0 Å². The molecule has 0 saturated carbocycles. The van der Waals surface area contributed by atoms with Crippen molar-refractivity contribution in [3.05, 3.63) is 0 Å². The van der Waals surface area contributed by atoms with E-state index in [2.05, 4.69) is 18.7 Å². The van der Waals surface area contributed by atoms with E-state index in [-0.39, 0.29) is 0 Å². The van der Waals surface area contributed by atoms with Crippen LogP contribution in [-0.2, 0) is 4.74 Å². The minimum atomic E-state index is 0.319. The minimum Gasteiger partial charge on any atom is -0.375 e. The van der Waals surface area contributed by atoms with Gasteiger partial charge in [-0.25, -0.2) is 0 Å². The molecule has 0 aliphatic carbocycles. The van der Waals surface area contributed by atoms with E-state index >= 15 is 0 Å². The maximum Gasteiger partial charge on any atom is 0.0718 e. The van der Waals surface area contributed by atoms with Gasteiger partial charge >= 0.3 is 0 Å². The number of hydrogen-bond acceptors (Lipinski definition) is 3. The number of nitrogens with zero attached hydrogens (tertiary/aromatic N) is 1. The van der Waals surface area contributed by atoms with Gasteiger partial charge in [0.25, 0.3) is 0 Å². The zero-order valence-corrected chi connectivity index (χ0v) is 8.57. The third-order valence-corrected chi connectivity index (χ3v) is 3.56. The van der Waals surface area contributed by atoms with E-state index in [0.29, 0.717) is 24.2 Å². The number of ether oxygens (including phenoxy) is 1. The van der Waals surface area contributed by atoms with Crippen LogP contribution in [0, 0.1) is 0 Å². The molecule has 2 heterocycles. The lowest BCUT2D eigenvalue weighted by Crippen LogP contribution is -2.50. The first kappa shape index (κ1) is 9.44. The Balaban J connectivity index is 1.94. The lowest BCUT2D eigenvalue weighted by Gasteiger charge is -2.35. The summed E-state index contributed by atoms with van der Waals surface area (Å²) in [6, 6.07) is 1.49. The zero-order chi connectivity index (χ0) is 9.42. The number of rotatable bonds is 3. The Morgan fingerprint density at radius 3 is 2.85 bits per heavy atom. The summed E-state index contributed by atoms with van der Waals surface area (Å²) in [4.78, 5) is 2.53. The maximum absolute atomic E-state index is 6.05. The normalized spacial score (nSPS) is 38.1. The second-order valence-corrected chi connectivity index (χ2v) is 4.35. The molecule has 3 heteroatoms. The van der Waals surface area contributed by atoms with Crippen LogP contribution in [0.25, 0.3) is 0 Å². The highest BCUT2D eigenvalue weighted by molar-refractivity contribution is 4.95. The Morgan fingerprint density at radius 2 is 2.38 bits per heavy atom. The smallest absolute Gasteiger partial charge is 0.0718 e. The first-order valence-electron chi connectivity index (χ1n) is 5.35. The van der Waals surface area contributed by atoms with Gasteiger partial charge in [-0.1, -0.05) is 6.92 Å². The molecule has 0 radical (unpaired) electrons. The standard InChI is InChI=1S/C10H20N2O/c1-3-10(11)7(2)12-5-9-4-8(12)6-13-9/h7-10H,3-6,11H2,1-2H3. The summed E-state index contributed by atoms with van der Waals surface area (Å²) in [6.07, 6.45) is 2.79. The summed E-state index contributed by atoms with van der Waals surface area (Å²) >= 11 is 0. The van der Waals surface area contributed by atoms with E-state index in [1.807, 2.05) is 0 Å². The maximum atomic E-state index is 6.05. The summed E-state index contributed by atoms with van der Waals surface area (Å²) in [5.41, 5.74) is 6.05. The molecule has 2 saturated heterocycles. The summed E-state index contributed by atoms with van der Waals surface area (Å²) in [5, 5.41) is 0. The average Bonchev–Trinajstić information content (AvgIpc) is 2.76. The molecule has 2 bridgehead atoms. The van der Waals surface area contributed by atoms with Crippen LogP contribution in [0.5, 0.6) is 0 Å². The highest BCUT2D eigenvalue weighted by Gasteiger charge is 2.41. The predicted molar refractivity (Wildman–Crippen MR) is 52.6 cm³/mol. The van der Waals surface area contributed by atoms with Crippen molar-refractivity contribution in [2.45, 2.75) is 50.9 Å². The fraction of sp³-hybridized carbons (Fsp3) is 1.00. The van der Waals surface area contributed by atoms with E-state index in [0.717, 1.165) is 19.6 Å². The number of nitrogens with two attached hydrogens (primary N) is 1. The van der Waals surface area contributed by atoms with Crippen molar-refractivity contribution in [1.29, 1.82) is 0 Å². The van der Waals surface area contributed by atoms with Crippen molar-refractivity contribution >= 4 is 0 Å².